The number of esters is 1. The highest BCUT2D eigenvalue weighted by Crippen LogP contribution is 2.41. The number of urea groups is 1. The van der Waals surface area contributed by atoms with Crippen LogP contribution >= 0.6 is 11.3 Å². The van der Waals surface area contributed by atoms with E-state index in [2.05, 4.69) is 25.7 Å². The maximum absolute atomic E-state index is 12.9. The molecule has 0 radical (unpaired) electrons. The van der Waals surface area contributed by atoms with E-state index in [-0.39, 0.29) is 6.03 Å². The number of carbonyl (C=O) groups is 2. The maximum Gasteiger partial charge on any atom is 0.339 e. The molecule has 2 aliphatic rings. The fraction of sp³-hybridized carbons (Fsp3) is 0.379. The van der Waals surface area contributed by atoms with Gasteiger partial charge in [0.25, 0.3) is 0 Å². The lowest BCUT2D eigenvalue weighted by Gasteiger charge is -2.15. The molecule has 2 fully saturated rings. The molecule has 11 nitrogen and oxygen atoms in total. The first kappa shape index (κ1) is 26.9. The smallest absolute Gasteiger partial charge is 0.339 e. The maximum atomic E-state index is 12.9. The Morgan fingerprint density at radius 2 is 1.83 bits per heavy atom. The fourth-order valence-corrected chi connectivity index (χ4v) is 5.09. The van der Waals surface area contributed by atoms with Crippen LogP contribution in [0.15, 0.2) is 42.3 Å². The quantitative estimate of drug-likeness (QED) is 0.235. The molecule has 2 aliphatic carbocycles. The third kappa shape index (κ3) is 6.54. The number of carbonyl (C=O) groups excluding carboxylic acids is 2. The second kappa shape index (κ2) is 11.7. The fourth-order valence-electron chi connectivity index (χ4n) is 4.23. The largest absolute Gasteiger partial charge is 0.477 e. The van der Waals surface area contributed by atoms with Crippen molar-refractivity contribution in [2.75, 3.05) is 25.1 Å². The van der Waals surface area contributed by atoms with Crippen molar-refractivity contribution in [1.82, 2.24) is 30.0 Å². The molecular formula is C29H31N7O4S. The second-order valence-corrected chi connectivity index (χ2v) is 11.3. The number of nitrogens with one attached hydrogen (secondary N) is 2. The van der Waals surface area contributed by atoms with Gasteiger partial charge in [-0.25, -0.2) is 24.5 Å². The summed E-state index contributed by atoms with van der Waals surface area (Å²) in [5.74, 6) is 1.31. The molecule has 0 bridgehead atoms. The minimum Gasteiger partial charge on any atom is -0.477 e. The first-order valence-electron chi connectivity index (χ1n) is 13.8. The lowest BCUT2D eigenvalue weighted by atomic mass is 10.0. The zero-order chi connectivity index (χ0) is 28.3. The molecule has 2 amide bonds. The van der Waals surface area contributed by atoms with Gasteiger partial charge in [0.05, 0.1) is 30.7 Å². The van der Waals surface area contributed by atoms with Crippen LogP contribution < -0.4 is 15.4 Å². The number of thiazole rings is 1. The van der Waals surface area contributed by atoms with E-state index in [4.69, 9.17) is 14.5 Å². The number of aromatic nitrogens is 5. The van der Waals surface area contributed by atoms with Crippen LogP contribution in [-0.4, -0.2) is 56.5 Å². The summed E-state index contributed by atoms with van der Waals surface area (Å²) in [7, 11) is 1.86. The summed E-state index contributed by atoms with van der Waals surface area (Å²) in [6.45, 7) is 3.29. The molecule has 0 atom stereocenters. The molecule has 0 aromatic carbocycles. The van der Waals surface area contributed by atoms with Crippen molar-refractivity contribution in [1.29, 1.82) is 0 Å². The van der Waals surface area contributed by atoms with E-state index in [1.54, 1.807) is 29.2 Å². The topological polar surface area (TPSA) is 133 Å². The average Bonchev–Trinajstić information content (AvgIpc) is 3.89. The van der Waals surface area contributed by atoms with Gasteiger partial charge in [0.2, 0.25) is 5.88 Å². The van der Waals surface area contributed by atoms with Crippen molar-refractivity contribution in [2.24, 2.45) is 18.9 Å². The predicted octanol–water partition coefficient (Wildman–Crippen LogP) is 5.16. The van der Waals surface area contributed by atoms with Gasteiger partial charge in [-0.3, -0.25) is 10.00 Å². The molecule has 2 saturated carbocycles. The summed E-state index contributed by atoms with van der Waals surface area (Å²) in [6.07, 6.45) is 11.3. The Labute approximate surface area is 241 Å². The number of nitrogens with zero attached hydrogens (tertiary/aromatic N) is 5. The number of pyridine rings is 2. The van der Waals surface area contributed by atoms with Crippen molar-refractivity contribution in [3.63, 3.8) is 0 Å². The molecule has 212 valence electrons. The molecule has 6 rings (SSSR count). The Morgan fingerprint density at radius 1 is 1.02 bits per heavy atom. The first-order chi connectivity index (χ1) is 20.0. The van der Waals surface area contributed by atoms with E-state index < -0.39 is 5.97 Å². The molecule has 0 unspecified atom stereocenters. The molecule has 0 spiro atoms. The SMILES string of the molecule is CCNC(=O)Nc1cc(-c2nc(-c3cnn(C)c3)cs2)c(-c2cc(C(=O)OCC3CC3)cnc2OCC2CC2)cn1. The Morgan fingerprint density at radius 3 is 2.56 bits per heavy atom. The summed E-state index contributed by atoms with van der Waals surface area (Å²) in [6, 6.07) is 3.17. The van der Waals surface area contributed by atoms with Crippen molar-refractivity contribution >= 4 is 29.2 Å². The zero-order valence-electron chi connectivity index (χ0n) is 22.9. The number of amides is 2. The highest BCUT2D eigenvalue weighted by molar-refractivity contribution is 7.13. The van der Waals surface area contributed by atoms with Gasteiger partial charge in [-0.2, -0.15) is 5.10 Å². The molecule has 41 heavy (non-hydrogen) atoms. The van der Waals surface area contributed by atoms with Crippen LogP contribution in [-0.2, 0) is 11.8 Å². The third-order valence-electron chi connectivity index (χ3n) is 6.89. The molecular weight excluding hydrogens is 542 g/mol. The Kier molecular flexibility index (Phi) is 7.64. The Hall–Kier alpha value is -4.32. The van der Waals surface area contributed by atoms with Gasteiger partial charge in [0.1, 0.15) is 10.8 Å². The van der Waals surface area contributed by atoms with E-state index in [0.717, 1.165) is 36.9 Å². The van der Waals surface area contributed by atoms with Crippen LogP contribution in [0, 0.1) is 11.8 Å². The number of anilines is 1. The number of aryl methyl sites for hydroxylation is 1. The van der Waals surface area contributed by atoms with Gasteiger partial charge in [0, 0.05) is 59.8 Å². The average molecular weight is 574 g/mol. The lowest BCUT2D eigenvalue weighted by Crippen LogP contribution is -2.28. The molecule has 4 aromatic heterocycles. The number of rotatable bonds is 11. The molecule has 0 aliphatic heterocycles. The normalized spacial score (nSPS) is 14.5. The lowest BCUT2D eigenvalue weighted by molar-refractivity contribution is 0.0485. The zero-order valence-corrected chi connectivity index (χ0v) is 23.7. The van der Waals surface area contributed by atoms with Crippen LogP contribution in [0.4, 0.5) is 10.6 Å². The summed E-state index contributed by atoms with van der Waals surface area (Å²) in [5.41, 5.74) is 4.01. The first-order valence-corrected chi connectivity index (χ1v) is 14.6. The van der Waals surface area contributed by atoms with Crippen molar-refractivity contribution in [3.05, 3.63) is 47.9 Å². The van der Waals surface area contributed by atoms with E-state index in [9.17, 15) is 9.59 Å². The van der Waals surface area contributed by atoms with Gasteiger partial charge < -0.3 is 14.8 Å². The second-order valence-electron chi connectivity index (χ2n) is 10.4. The summed E-state index contributed by atoms with van der Waals surface area (Å²) in [4.78, 5) is 39.1. The van der Waals surface area contributed by atoms with Gasteiger partial charge in [-0.05, 0) is 56.6 Å². The Bertz CT molecular complexity index is 1570. The van der Waals surface area contributed by atoms with Gasteiger partial charge in [-0.1, -0.05) is 0 Å². The number of ether oxygens (including phenoxy) is 2. The summed E-state index contributed by atoms with van der Waals surface area (Å²) >= 11 is 1.46. The monoisotopic (exact) mass is 573 g/mol. The summed E-state index contributed by atoms with van der Waals surface area (Å²) in [5, 5.41) is 12.4. The predicted molar refractivity (Wildman–Crippen MR) is 155 cm³/mol. The standard InChI is InChI=1S/C29H31N7O4S/c1-3-30-29(38)35-25-9-22(27-34-24(16-41-27)20-11-33-36(2)13-20)23(12-31-25)21-8-19(28(37)40-15-18-6-7-18)10-32-26(21)39-14-17-4-5-17/h8-13,16-18H,3-7,14-15H2,1-2H3,(H2,30,31,35,38). The van der Waals surface area contributed by atoms with Crippen molar-refractivity contribution in [3.8, 4) is 38.8 Å². The van der Waals surface area contributed by atoms with E-state index in [0.29, 0.717) is 70.6 Å². The molecule has 4 heterocycles. The van der Waals surface area contributed by atoms with Crippen LogP contribution in [0.3, 0.4) is 0 Å². The van der Waals surface area contributed by atoms with Gasteiger partial charge in [0.15, 0.2) is 0 Å². The molecule has 0 saturated heterocycles. The molecule has 2 N–H and O–H groups in total. The van der Waals surface area contributed by atoms with Gasteiger partial charge >= 0.3 is 12.0 Å². The highest BCUT2D eigenvalue weighted by atomic mass is 32.1. The van der Waals surface area contributed by atoms with E-state index in [1.807, 2.05) is 25.5 Å². The van der Waals surface area contributed by atoms with Crippen molar-refractivity contribution < 1.29 is 19.1 Å². The Balaban J connectivity index is 1.41. The van der Waals surface area contributed by atoms with Crippen LogP contribution in [0.2, 0.25) is 0 Å². The van der Waals surface area contributed by atoms with Gasteiger partial charge in [-0.15, -0.1) is 11.3 Å². The minimum absolute atomic E-state index is 0.338. The van der Waals surface area contributed by atoms with Crippen molar-refractivity contribution in [2.45, 2.75) is 32.6 Å². The number of hydrogen-bond donors (Lipinski definition) is 2. The molecule has 12 heteroatoms. The number of hydrogen-bond acceptors (Lipinski definition) is 9. The third-order valence-corrected chi connectivity index (χ3v) is 7.77. The van der Waals surface area contributed by atoms with Crippen LogP contribution in [0.5, 0.6) is 5.88 Å². The van der Waals surface area contributed by atoms with E-state index >= 15 is 0 Å². The van der Waals surface area contributed by atoms with E-state index in [1.165, 1.54) is 17.5 Å². The highest BCUT2D eigenvalue weighted by Gasteiger charge is 2.26. The van der Waals surface area contributed by atoms with Crippen LogP contribution in [0.25, 0.3) is 33.0 Å². The summed E-state index contributed by atoms with van der Waals surface area (Å²) < 4.78 is 13.4. The van der Waals surface area contributed by atoms with Crippen LogP contribution in [0.1, 0.15) is 43.0 Å². The molecule has 4 aromatic rings. The minimum atomic E-state index is -0.420.